The van der Waals surface area contributed by atoms with Crippen LogP contribution in [0.3, 0.4) is 0 Å². The third-order valence-corrected chi connectivity index (χ3v) is 5.68. The molecule has 0 aliphatic heterocycles. The molecular weight excluding hydrogens is 410 g/mol. The van der Waals surface area contributed by atoms with Crippen molar-refractivity contribution >= 4 is 28.5 Å². The molecule has 3 aromatic heterocycles. The number of aromatic nitrogens is 5. The van der Waals surface area contributed by atoms with Gasteiger partial charge in [-0.25, -0.2) is 4.79 Å². The second-order valence-electron chi connectivity index (χ2n) is 7.12. The summed E-state index contributed by atoms with van der Waals surface area (Å²) in [5, 5.41) is 9.67. The predicted molar refractivity (Wildman–Crippen MR) is 114 cm³/mol. The molecule has 4 aromatic rings. The van der Waals surface area contributed by atoms with Gasteiger partial charge < -0.3 is 9.84 Å². The summed E-state index contributed by atoms with van der Waals surface area (Å²) < 4.78 is 11.6. The van der Waals surface area contributed by atoms with Crippen molar-refractivity contribution in [2.45, 2.75) is 26.8 Å². The maximum Gasteiger partial charge on any atom is 0.332 e. The molecular formula is C20H22ClN5O4. The number of imidazole rings is 2. The molecule has 0 unspecified atom stereocenters. The standard InChI is InChI=1S/C20H22ClN5O4/c1-11-12(2)26-16-17(23(3)20(29)24(18(16)28)8-5-9-27)22-19(26)25(11)14-10-13(21)6-7-15(14)30-4/h6-7,10,27H,5,8-9H2,1-4H3. The highest BCUT2D eigenvalue weighted by Gasteiger charge is 2.24. The van der Waals surface area contributed by atoms with Crippen LogP contribution in [0.25, 0.3) is 22.6 Å². The number of hydrogen-bond donors (Lipinski definition) is 1. The number of fused-ring (bicyclic) bond motifs is 3. The first-order chi connectivity index (χ1) is 14.3. The van der Waals surface area contributed by atoms with Gasteiger partial charge in [0.15, 0.2) is 11.2 Å². The molecule has 9 nitrogen and oxygen atoms in total. The van der Waals surface area contributed by atoms with Gasteiger partial charge in [0.2, 0.25) is 5.78 Å². The van der Waals surface area contributed by atoms with Gasteiger partial charge in [-0.05, 0) is 38.5 Å². The Morgan fingerprint density at radius 1 is 1.20 bits per heavy atom. The highest BCUT2D eigenvalue weighted by molar-refractivity contribution is 6.30. The summed E-state index contributed by atoms with van der Waals surface area (Å²) in [5.41, 5.74) is 2.04. The van der Waals surface area contributed by atoms with Crippen LogP contribution in [0.15, 0.2) is 27.8 Å². The Kier molecular flexibility index (Phi) is 4.95. The van der Waals surface area contributed by atoms with Crippen LogP contribution >= 0.6 is 11.6 Å². The molecule has 10 heteroatoms. The molecule has 0 atom stereocenters. The monoisotopic (exact) mass is 431 g/mol. The summed E-state index contributed by atoms with van der Waals surface area (Å²) in [6, 6.07) is 5.27. The molecule has 3 heterocycles. The molecule has 1 N–H and O–H groups in total. The minimum atomic E-state index is -0.469. The lowest BCUT2D eigenvalue weighted by molar-refractivity contribution is 0.277. The topological polar surface area (TPSA) is 95.7 Å². The molecule has 4 rings (SSSR count). The zero-order valence-corrected chi connectivity index (χ0v) is 17.9. The van der Waals surface area contributed by atoms with E-state index >= 15 is 0 Å². The van der Waals surface area contributed by atoms with E-state index in [1.165, 1.54) is 4.57 Å². The van der Waals surface area contributed by atoms with Crippen LogP contribution in [-0.4, -0.2) is 41.9 Å². The van der Waals surface area contributed by atoms with Crippen LogP contribution in [0.1, 0.15) is 17.8 Å². The zero-order valence-electron chi connectivity index (χ0n) is 17.1. The number of hydrogen-bond acceptors (Lipinski definition) is 5. The van der Waals surface area contributed by atoms with E-state index in [0.717, 1.165) is 16.0 Å². The summed E-state index contributed by atoms with van der Waals surface area (Å²) in [7, 11) is 3.15. The molecule has 0 saturated heterocycles. The van der Waals surface area contributed by atoms with Gasteiger partial charge >= 0.3 is 5.69 Å². The SMILES string of the molecule is COc1ccc(Cl)cc1-n1c(C)c(C)n2c3c(=O)n(CCCO)c(=O)n(C)c3nc12. The van der Waals surface area contributed by atoms with E-state index in [2.05, 4.69) is 4.98 Å². The molecule has 0 radical (unpaired) electrons. The fourth-order valence-electron chi connectivity index (χ4n) is 3.80. The average Bonchev–Trinajstić information content (AvgIpc) is 3.22. The van der Waals surface area contributed by atoms with Crippen LogP contribution in [0, 0.1) is 13.8 Å². The van der Waals surface area contributed by atoms with Crippen LogP contribution in [0.5, 0.6) is 5.75 Å². The zero-order chi connectivity index (χ0) is 21.7. The average molecular weight is 432 g/mol. The third kappa shape index (κ3) is 2.77. The van der Waals surface area contributed by atoms with Gasteiger partial charge in [0.1, 0.15) is 5.75 Å². The Hall–Kier alpha value is -3.04. The normalized spacial score (nSPS) is 11.7. The summed E-state index contributed by atoms with van der Waals surface area (Å²) in [5.74, 6) is 1.08. The fraction of sp³-hybridized carbons (Fsp3) is 0.350. The number of aryl methyl sites for hydroxylation is 2. The largest absolute Gasteiger partial charge is 0.495 e. The first-order valence-electron chi connectivity index (χ1n) is 9.46. The lowest BCUT2D eigenvalue weighted by Crippen LogP contribution is -2.39. The fourth-order valence-corrected chi connectivity index (χ4v) is 3.97. The Labute approximate surface area is 176 Å². The van der Waals surface area contributed by atoms with Crippen LogP contribution in [-0.2, 0) is 13.6 Å². The maximum atomic E-state index is 13.2. The van der Waals surface area contributed by atoms with E-state index in [1.807, 2.05) is 18.4 Å². The summed E-state index contributed by atoms with van der Waals surface area (Å²) in [6.07, 6.45) is 0.307. The summed E-state index contributed by atoms with van der Waals surface area (Å²) in [6.45, 7) is 3.83. The molecule has 0 aliphatic carbocycles. The number of benzene rings is 1. The van der Waals surface area contributed by atoms with Gasteiger partial charge in [-0.2, -0.15) is 4.98 Å². The minimum absolute atomic E-state index is 0.113. The highest BCUT2D eigenvalue weighted by Crippen LogP contribution is 2.31. The van der Waals surface area contributed by atoms with Gasteiger partial charge in [0, 0.05) is 36.6 Å². The van der Waals surface area contributed by atoms with Crippen molar-refractivity contribution in [2.75, 3.05) is 13.7 Å². The number of halogens is 1. The first-order valence-corrected chi connectivity index (χ1v) is 9.84. The Bertz CT molecular complexity index is 1410. The molecule has 0 bridgehead atoms. The van der Waals surface area contributed by atoms with Crippen molar-refractivity contribution in [1.29, 1.82) is 0 Å². The first kappa shape index (κ1) is 20.2. The molecule has 1 aromatic carbocycles. The van der Waals surface area contributed by atoms with Gasteiger partial charge in [0.25, 0.3) is 5.56 Å². The van der Waals surface area contributed by atoms with Gasteiger partial charge in [0.05, 0.1) is 12.8 Å². The van der Waals surface area contributed by atoms with E-state index < -0.39 is 11.2 Å². The summed E-state index contributed by atoms with van der Waals surface area (Å²) in [4.78, 5) is 30.6. The van der Waals surface area contributed by atoms with Crippen molar-refractivity contribution < 1.29 is 9.84 Å². The Morgan fingerprint density at radius 3 is 2.60 bits per heavy atom. The Morgan fingerprint density at radius 2 is 1.93 bits per heavy atom. The number of rotatable bonds is 5. The number of aliphatic hydroxyl groups is 1. The lowest BCUT2D eigenvalue weighted by atomic mass is 10.2. The van der Waals surface area contributed by atoms with Crippen molar-refractivity contribution in [3.63, 3.8) is 0 Å². The smallest absolute Gasteiger partial charge is 0.332 e. The van der Waals surface area contributed by atoms with E-state index in [9.17, 15) is 9.59 Å². The minimum Gasteiger partial charge on any atom is -0.495 e. The van der Waals surface area contributed by atoms with Gasteiger partial charge in [-0.1, -0.05) is 11.6 Å². The van der Waals surface area contributed by atoms with Crippen molar-refractivity contribution in [3.8, 4) is 11.4 Å². The lowest BCUT2D eigenvalue weighted by Gasteiger charge is -2.12. The predicted octanol–water partition coefficient (Wildman–Crippen LogP) is 1.80. The van der Waals surface area contributed by atoms with Crippen LogP contribution in [0.4, 0.5) is 0 Å². The molecule has 158 valence electrons. The second kappa shape index (κ2) is 7.33. The molecule has 0 aliphatic rings. The quantitative estimate of drug-likeness (QED) is 0.520. The number of ether oxygens (including phenoxy) is 1. The number of methoxy groups -OCH3 is 1. The van der Waals surface area contributed by atoms with Gasteiger partial charge in [-0.3, -0.25) is 22.9 Å². The van der Waals surface area contributed by atoms with E-state index in [4.69, 9.17) is 21.4 Å². The molecule has 0 amide bonds. The third-order valence-electron chi connectivity index (χ3n) is 5.44. The van der Waals surface area contributed by atoms with Gasteiger partial charge in [-0.15, -0.1) is 0 Å². The Balaban J connectivity index is 2.16. The van der Waals surface area contributed by atoms with Crippen LogP contribution < -0.4 is 16.0 Å². The van der Waals surface area contributed by atoms with Crippen molar-refractivity contribution in [2.24, 2.45) is 7.05 Å². The van der Waals surface area contributed by atoms with E-state index in [0.29, 0.717) is 34.2 Å². The molecule has 30 heavy (non-hydrogen) atoms. The highest BCUT2D eigenvalue weighted by atomic mass is 35.5. The molecule has 0 saturated carbocycles. The second-order valence-corrected chi connectivity index (χ2v) is 7.55. The van der Waals surface area contributed by atoms with Crippen LogP contribution in [0.2, 0.25) is 5.02 Å². The van der Waals surface area contributed by atoms with Crippen molar-refractivity contribution in [1.82, 2.24) is 23.1 Å². The molecule has 0 spiro atoms. The maximum absolute atomic E-state index is 13.2. The van der Waals surface area contributed by atoms with E-state index in [1.54, 1.807) is 36.8 Å². The van der Waals surface area contributed by atoms with E-state index in [-0.39, 0.29) is 18.8 Å². The number of aliphatic hydroxyl groups excluding tert-OH is 1. The summed E-state index contributed by atoms with van der Waals surface area (Å²) >= 11 is 6.24. The van der Waals surface area contributed by atoms with Crippen molar-refractivity contribution in [3.05, 3.63) is 55.4 Å². The number of nitrogens with zero attached hydrogens (tertiary/aromatic N) is 5. The molecule has 0 fully saturated rings.